The van der Waals surface area contributed by atoms with Crippen LogP contribution in [0.5, 0.6) is 0 Å². The average molecular weight is 321 g/mol. The zero-order valence-corrected chi connectivity index (χ0v) is 12.1. The number of alkyl halides is 2. The molecular weight excluding hydrogens is 302 g/mol. The topological polar surface area (TPSA) is 127 Å². The largest absolute Gasteiger partial charge is 0.499 e. The first kappa shape index (κ1) is 16.7. The Morgan fingerprint density at radius 1 is 1.59 bits per heavy atom. The Morgan fingerprint density at radius 2 is 2.23 bits per heavy atom. The third kappa shape index (κ3) is 2.82. The number of nitrogen functional groups attached to an aromatic ring is 1. The van der Waals surface area contributed by atoms with E-state index in [4.69, 9.17) is 20.9 Å². The predicted molar refractivity (Wildman–Crippen MR) is 70.8 cm³/mol. The molecular formula is C12H19F2N4O4+. The number of nitrogens with one attached hydrogen (secondary N) is 1. The van der Waals surface area contributed by atoms with Gasteiger partial charge in [-0.2, -0.15) is 23.1 Å². The van der Waals surface area contributed by atoms with Gasteiger partial charge in [-0.15, -0.1) is 0 Å². The number of ether oxygens (including phenoxy) is 2. The molecule has 3 unspecified atom stereocenters. The third-order valence-electron chi connectivity index (χ3n) is 3.28. The Hall–Kier alpha value is -1.62. The van der Waals surface area contributed by atoms with Crippen LogP contribution in [-0.4, -0.2) is 40.6 Å². The SMILES string of the molecule is CC(C)OCC1(N)OC([n+]2ccc(N)[nH]c2=O)C(F)(F)C1O. The van der Waals surface area contributed by atoms with Crippen LogP contribution >= 0.6 is 0 Å². The summed E-state index contributed by atoms with van der Waals surface area (Å²) in [5.74, 6) is -3.78. The Balaban J connectivity index is 2.35. The molecule has 1 aliphatic heterocycles. The molecule has 22 heavy (non-hydrogen) atoms. The van der Waals surface area contributed by atoms with Crippen molar-refractivity contribution in [2.75, 3.05) is 12.3 Å². The predicted octanol–water partition coefficient (Wildman–Crippen LogP) is -1.15. The molecule has 0 radical (unpaired) electrons. The average Bonchev–Trinajstić information content (AvgIpc) is 2.58. The Bertz CT molecular complexity index is 609. The number of aliphatic hydroxyl groups excluding tert-OH is 1. The lowest BCUT2D eigenvalue weighted by Gasteiger charge is -2.27. The van der Waals surface area contributed by atoms with Gasteiger partial charge in [0.1, 0.15) is 6.20 Å². The molecule has 0 bridgehead atoms. The lowest BCUT2D eigenvalue weighted by Crippen LogP contribution is -2.60. The Morgan fingerprint density at radius 3 is 2.77 bits per heavy atom. The van der Waals surface area contributed by atoms with E-state index in [1.165, 1.54) is 6.07 Å². The summed E-state index contributed by atoms with van der Waals surface area (Å²) in [6.07, 6.45) is -3.67. The van der Waals surface area contributed by atoms with Crippen LogP contribution in [0.4, 0.5) is 14.6 Å². The normalized spacial score (nSPS) is 30.9. The van der Waals surface area contributed by atoms with Crippen molar-refractivity contribution in [2.24, 2.45) is 5.73 Å². The second-order valence-electron chi connectivity index (χ2n) is 5.47. The van der Waals surface area contributed by atoms with Crippen LogP contribution in [0.2, 0.25) is 0 Å². The first-order chi connectivity index (χ1) is 10.1. The molecule has 1 aromatic heterocycles. The van der Waals surface area contributed by atoms with Gasteiger partial charge in [0.25, 0.3) is 6.23 Å². The van der Waals surface area contributed by atoms with Crippen LogP contribution in [0.25, 0.3) is 0 Å². The van der Waals surface area contributed by atoms with Crippen LogP contribution in [0.1, 0.15) is 20.1 Å². The van der Waals surface area contributed by atoms with Crippen LogP contribution in [0.3, 0.4) is 0 Å². The zero-order valence-electron chi connectivity index (χ0n) is 12.1. The number of hydrogen-bond donors (Lipinski definition) is 4. The highest BCUT2D eigenvalue weighted by Crippen LogP contribution is 2.43. The standard InChI is InChI=1S/C12H18F2N4O4/c1-6(2)21-5-11(16)8(19)12(13,14)9(22-11)18-4-3-7(15)17-10(18)20/h3-4,6,8-9,19H,5,16H2,1-2H3,(H2,15,17,20)/p+1. The molecule has 0 saturated carbocycles. The smallest absolute Gasteiger partial charge is 0.382 e. The molecule has 1 aromatic rings. The van der Waals surface area contributed by atoms with Gasteiger partial charge in [0.05, 0.1) is 12.7 Å². The fourth-order valence-electron chi connectivity index (χ4n) is 2.11. The second-order valence-corrected chi connectivity index (χ2v) is 5.47. The van der Waals surface area contributed by atoms with Gasteiger partial charge < -0.3 is 20.3 Å². The van der Waals surface area contributed by atoms with E-state index in [0.717, 1.165) is 6.20 Å². The van der Waals surface area contributed by atoms with E-state index < -0.39 is 36.3 Å². The molecule has 3 atom stereocenters. The number of halogens is 2. The molecule has 124 valence electrons. The number of H-pyrrole nitrogens is 1. The maximum absolute atomic E-state index is 14.3. The summed E-state index contributed by atoms with van der Waals surface area (Å²) in [5, 5.41) is 9.84. The first-order valence-corrected chi connectivity index (χ1v) is 6.62. The van der Waals surface area contributed by atoms with Crippen molar-refractivity contribution in [3.63, 3.8) is 0 Å². The minimum atomic E-state index is -3.79. The van der Waals surface area contributed by atoms with Gasteiger partial charge in [-0.3, -0.25) is 5.73 Å². The molecule has 0 amide bonds. The lowest BCUT2D eigenvalue weighted by molar-refractivity contribution is -0.790. The van der Waals surface area contributed by atoms with Crippen LogP contribution in [0, 0.1) is 0 Å². The molecule has 10 heteroatoms. The van der Waals surface area contributed by atoms with E-state index in [2.05, 4.69) is 4.98 Å². The van der Waals surface area contributed by atoms with Gasteiger partial charge in [0.15, 0.2) is 17.6 Å². The molecule has 0 spiro atoms. The number of nitrogens with two attached hydrogens (primary N) is 2. The van der Waals surface area contributed by atoms with E-state index in [1.54, 1.807) is 13.8 Å². The molecule has 0 aromatic carbocycles. The fourth-order valence-corrected chi connectivity index (χ4v) is 2.11. The quantitative estimate of drug-likeness (QED) is 0.519. The van der Waals surface area contributed by atoms with Crippen LogP contribution < -0.4 is 21.7 Å². The molecule has 2 rings (SSSR count). The van der Waals surface area contributed by atoms with Gasteiger partial charge in [0.2, 0.25) is 0 Å². The number of aromatic amines is 1. The summed E-state index contributed by atoms with van der Waals surface area (Å²) in [5.41, 5.74) is 8.02. The van der Waals surface area contributed by atoms with Crippen molar-refractivity contribution in [3.8, 4) is 0 Å². The van der Waals surface area contributed by atoms with E-state index >= 15 is 0 Å². The van der Waals surface area contributed by atoms with Crippen molar-refractivity contribution in [1.29, 1.82) is 0 Å². The van der Waals surface area contributed by atoms with Crippen molar-refractivity contribution in [1.82, 2.24) is 4.98 Å². The van der Waals surface area contributed by atoms with E-state index in [1.807, 2.05) is 0 Å². The van der Waals surface area contributed by atoms with Gasteiger partial charge in [-0.1, -0.05) is 0 Å². The van der Waals surface area contributed by atoms with Crippen molar-refractivity contribution < 1.29 is 27.9 Å². The van der Waals surface area contributed by atoms with Crippen LogP contribution in [-0.2, 0) is 9.47 Å². The van der Waals surface area contributed by atoms with E-state index in [-0.39, 0.29) is 11.9 Å². The maximum Gasteiger partial charge on any atom is 0.499 e. The summed E-state index contributed by atoms with van der Waals surface area (Å²) in [6, 6.07) is 1.22. The second kappa shape index (κ2) is 5.54. The molecule has 6 N–H and O–H groups in total. The summed E-state index contributed by atoms with van der Waals surface area (Å²) in [4.78, 5) is 13.9. The molecule has 1 aliphatic rings. The van der Waals surface area contributed by atoms with Gasteiger partial charge in [-0.25, -0.2) is 0 Å². The van der Waals surface area contributed by atoms with Crippen LogP contribution in [0.15, 0.2) is 17.1 Å². The number of nitrogens with zero attached hydrogens (tertiary/aromatic N) is 1. The Labute approximate surface area is 124 Å². The number of hydrogen-bond acceptors (Lipinski definition) is 6. The molecule has 0 aliphatic carbocycles. The first-order valence-electron chi connectivity index (χ1n) is 6.62. The summed E-state index contributed by atoms with van der Waals surface area (Å²) >= 11 is 0. The molecule has 1 fully saturated rings. The fraction of sp³-hybridized carbons (Fsp3) is 0.667. The van der Waals surface area contributed by atoms with Gasteiger partial charge in [-0.05, 0) is 13.8 Å². The van der Waals surface area contributed by atoms with Crippen molar-refractivity contribution in [3.05, 3.63) is 22.7 Å². The number of aliphatic hydroxyl groups is 1. The number of rotatable bonds is 4. The van der Waals surface area contributed by atoms with E-state index in [9.17, 15) is 18.7 Å². The van der Waals surface area contributed by atoms with Gasteiger partial charge >= 0.3 is 11.6 Å². The highest BCUT2D eigenvalue weighted by molar-refractivity contribution is 5.21. The highest BCUT2D eigenvalue weighted by atomic mass is 19.3. The van der Waals surface area contributed by atoms with Gasteiger partial charge in [0, 0.05) is 6.07 Å². The maximum atomic E-state index is 14.3. The highest BCUT2D eigenvalue weighted by Gasteiger charge is 2.68. The third-order valence-corrected chi connectivity index (χ3v) is 3.28. The van der Waals surface area contributed by atoms with E-state index in [0.29, 0.717) is 4.57 Å². The summed E-state index contributed by atoms with van der Waals surface area (Å²) in [6.45, 7) is 2.91. The number of aromatic nitrogens is 2. The van der Waals surface area contributed by atoms with Crippen molar-refractivity contribution in [2.45, 2.75) is 43.9 Å². The minimum absolute atomic E-state index is 0.00487. The zero-order chi connectivity index (χ0) is 16.7. The molecule has 2 heterocycles. The minimum Gasteiger partial charge on any atom is -0.382 e. The Kier molecular flexibility index (Phi) is 4.22. The monoisotopic (exact) mass is 321 g/mol. The summed E-state index contributed by atoms with van der Waals surface area (Å²) in [7, 11) is 0. The molecule has 8 nitrogen and oxygen atoms in total. The van der Waals surface area contributed by atoms with Crippen molar-refractivity contribution >= 4 is 5.82 Å². The number of anilines is 1. The molecule has 1 saturated heterocycles. The lowest BCUT2D eigenvalue weighted by atomic mass is 10.1. The summed E-state index contributed by atoms with van der Waals surface area (Å²) < 4.78 is 39.4.